The van der Waals surface area contributed by atoms with E-state index in [0.29, 0.717) is 30.4 Å². The molecule has 1 aromatic carbocycles. The number of aryl methyl sites for hydroxylation is 3. The predicted octanol–water partition coefficient (Wildman–Crippen LogP) is 3.46. The lowest BCUT2D eigenvalue weighted by atomic mass is 9.90. The Morgan fingerprint density at radius 2 is 2.03 bits per heavy atom. The number of rotatable bonds is 10. The third kappa shape index (κ3) is 6.83. The van der Waals surface area contributed by atoms with Gasteiger partial charge in [0.1, 0.15) is 18.4 Å². The van der Waals surface area contributed by atoms with Gasteiger partial charge in [0.25, 0.3) is 5.56 Å². The highest BCUT2D eigenvalue weighted by Crippen LogP contribution is 2.33. The van der Waals surface area contributed by atoms with Gasteiger partial charge in [-0.15, -0.1) is 0 Å². The van der Waals surface area contributed by atoms with Crippen molar-refractivity contribution in [1.82, 2.24) is 9.88 Å². The van der Waals surface area contributed by atoms with E-state index in [1.165, 1.54) is 5.56 Å². The summed E-state index contributed by atoms with van der Waals surface area (Å²) in [6.07, 6.45) is 3.61. The van der Waals surface area contributed by atoms with Crippen molar-refractivity contribution in [3.63, 3.8) is 0 Å². The minimum absolute atomic E-state index is 0.000940. The van der Waals surface area contributed by atoms with E-state index in [-0.39, 0.29) is 11.7 Å². The number of aliphatic imine (C=N–C) groups is 1. The second-order valence-electron chi connectivity index (χ2n) is 9.77. The van der Waals surface area contributed by atoms with E-state index in [2.05, 4.69) is 18.3 Å². The number of esters is 1. The largest absolute Gasteiger partial charge is 0.492 e. The standard InChI is InChI=1S/C28H39N3O5/c1-7-20-8-9-21-10-11-23(35-13-12-29-25(19(5)32)28(34)36-17(2)3)15-24(21)30-26(20)22-14-18(4)27(33)31(6)16-22/h10-11,14-17,19-20,25,29,32H,7-9,12-13H2,1-6H3/t19?,20?,25-/m0/s1. The number of nitrogens with zero attached hydrogens (tertiary/aromatic N) is 2. The number of ether oxygens (including phenoxy) is 2. The number of pyridine rings is 1. The van der Waals surface area contributed by atoms with Crippen molar-refractivity contribution in [2.45, 2.75) is 72.1 Å². The molecular formula is C28H39N3O5. The van der Waals surface area contributed by atoms with E-state index in [4.69, 9.17) is 14.5 Å². The molecule has 2 aromatic rings. The first-order valence-electron chi connectivity index (χ1n) is 12.7. The molecule has 8 nitrogen and oxygen atoms in total. The number of fused-ring (bicyclic) bond motifs is 1. The number of hydrogen-bond acceptors (Lipinski definition) is 7. The summed E-state index contributed by atoms with van der Waals surface area (Å²) >= 11 is 0. The Balaban J connectivity index is 1.76. The molecule has 0 radical (unpaired) electrons. The van der Waals surface area contributed by atoms with Crippen molar-refractivity contribution in [3.05, 3.63) is 57.5 Å². The number of benzene rings is 1. The van der Waals surface area contributed by atoms with Crippen LogP contribution >= 0.6 is 0 Å². The fourth-order valence-electron chi connectivity index (χ4n) is 4.49. The normalized spacial score (nSPS) is 17.1. The summed E-state index contributed by atoms with van der Waals surface area (Å²) in [5.74, 6) is 0.500. The number of hydrogen-bond donors (Lipinski definition) is 2. The summed E-state index contributed by atoms with van der Waals surface area (Å²) in [4.78, 5) is 29.5. The first-order chi connectivity index (χ1) is 17.1. The molecule has 2 unspecified atom stereocenters. The van der Waals surface area contributed by atoms with Crippen molar-refractivity contribution in [3.8, 4) is 5.75 Å². The van der Waals surface area contributed by atoms with E-state index in [1.807, 2.05) is 31.3 Å². The Morgan fingerprint density at radius 3 is 2.67 bits per heavy atom. The zero-order valence-electron chi connectivity index (χ0n) is 22.2. The lowest BCUT2D eigenvalue weighted by molar-refractivity contribution is -0.152. The number of nitrogens with one attached hydrogen (secondary N) is 1. The number of aromatic nitrogens is 1. The molecule has 1 aromatic heterocycles. The summed E-state index contributed by atoms with van der Waals surface area (Å²) in [6.45, 7) is 9.78. The quantitative estimate of drug-likeness (QED) is 0.385. The van der Waals surface area contributed by atoms with E-state index in [9.17, 15) is 14.7 Å². The molecule has 0 saturated carbocycles. The molecule has 3 atom stereocenters. The molecule has 3 rings (SSSR count). The lowest BCUT2D eigenvalue weighted by Crippen LogP contribution is -2.47. The van der Waals surface area contributed by atoms with Crippen molar-refractivity contribution in [1.29, 1.82) is 0 Å². The third-order valence-electron chi connectivity index (χ3n) is 6.42. The number of carbonyl (C=O) groups excluding carboxylic acids is 1. The molecule has 2 N–H and O–H groups in total. The second kappa shape index (κ2) is 12.3. The summed E-state index contributed by atoms with van der Waals surface area (Å²) in [5, 5.41) is 13.0. The summed E-state index contributed by atoms with van der Waals surface area (Å²) < 4.78 is 12.8. The minimum atomic E-state index is -0.885. The molecule has 1 aliphatic heterocycles. The molecule has 0 bridgehead atoms. The van der Waals surface area contributed by atoms with Gasteiger partial charge in [-0.05, 0) is 64.7 Å². The van der Waals surface area contributed by atoms with E-state index >= 15 is 0 Å². The fourth-order valence-corrected chi connectivity index (χ4v) is 4.49. The summed E-state index contributed by atoms with van der Waals surface area (Å²) in [7, 11) is 1.77. The van der Waals surface area contributed by atoms with Gasteiger partial charge in [0.05, 0.1) is 23.6 Å². The molecule has 0 amide bonds. The first kappa shape index (κ1) is 27.6. The smallest absolute Gasteiger partial charge is 0.326 e. The average molecular weight is 498 g/mol. The highest BCUT2D eigenvalue weighted by atomic mass is 16.5. The Morgan fingerprint density at radius 1 is 1.28 bits per heavy atom. The van der Waals surface area contributed by atoms with Crippen LogP contribution in [0.1, 0.15) is 57.2 Å². The van der Waals surface area contributed by atoms with Gasteiger partial charge in [0.2, 0.25) is 0 Å². The molecule has 8 heteroatoms. The van der Waals surface area contributed by atoms with E-state index in [1.54, 1.807) is 32.4 Å². The molecule has 36 heavy (non-hydrogen) atoms. The molecule has 196 valence electrons. The van der Waals surface area contributed by atoms with Crippen LogP contribution in [0.3, 0.4) is 0 Å². The zero-order chi connectivity index (χ0) is 26.4. The van der Waals surface area contributed by atoms with Gasteiger partial charge in [-0.1, -0.05) is 13.0 Å². The van der Waals surface area contributed by atoms with Gasteiger partial charge >= 0.3 is 5.97 Å². The SMILES string of the molecule is CCC1CCc2ccc(OCCN[C@H](C(=O)OC(C)C)C(C)O)cc2N=C1c1cc(C)c(=O)n(C)c1. The molecule has 0 spiro atoms. The van der Waals surface area contributed by atoms with Crippen LogP contribution in [0.2, 0.25) is 0 Å². The van der Waals surface area contributed by atoms with Crippen LogP contribution in [-0.4, -0.2) is 52.8 Å². The fraction of sp³-hybridized carbons (Fsp3) is 0.536. The topological polar surface area (TPSA) is 102 Å². The molecular weight excluding hydrogens is 458 g/mol. The summed E-state index contributed by atoms with van der Waals surface area (Å²) in [5.41, 5.74) is 4.72. The monoisotopic (exact) mass is 497 g/mol. The Labute approximate surface area is 213 Å². The van der Waals surface area contributed by atoms with Crippen LogP contribution in [0.4, 0.5) is 5.69 Å². The average Bonchev–Trinajstić information content (AvgIpc) is 3.00. The van der Waals surface area contributed by atoms with Gasteiger partial charge in [-0.3, -0.25) is 19.9 Å². The predicted molar refractivity (Wildman–Crippen MR) is 141 cm³/mol. The maximum absolute atomic E-state index is 12.2. The van der Waals surface area contributed by atoms with Gasteiger partial charge < -0.3 is 19.1 Å². The van der Waals surface area contributed by atoms with E-state index < -0.39 is 18.1 Å². The van der Waals surface area contributed by atoms with Crippen LogP contribution < -0.4 is 15.6 Å². The first-order valence-corrected chi connectivity index (χ1v) is 12.7. The van der Waals surface area contributed by atoms with Crippen LogP contribution in [0, 0.1) is 12.8 Å². The molecule has 0 aliphatic carbocycles. The zero-order valence-corrected chi connectivity index (χ0v) is 22.2. The molecule has 0 saturated heterocycles. The lowest BCUT2D eigenvalue weighted by Gasteiger charge is -2.21. The maximum atomic E-state index is 12.2. The van der Waals surface area contributed by atoms with Gasteiger partial charge in [0.15, 0.2) is 0 Å². The molecule has 1 aliphatic rings. The number of aliphatic hydroxyl groups excluding tert-OH is 1. The Kier molecular flexibility index (Phi) is 9.45. The Bertz CT molecular complexity index is 1130. The van der Waals surface area contributed by atoms with Gasteiger partial charge in [0, 0.05) is 42.9 Å². The van der Waals surface area contributed by atoms with Crippen molar-refractivity contribution in [2.24, 2.45) is 18.0 Å². The van der Waals surface area contributed by atoms with Gasteiger partial charge in [-0.2, -0.15) is 0 Å². The Hall–Kier alpha value is -2.97. The number of aliphatic hydroxyl groups is 1. The van der Waals surface area contributed by atoms with E-state index in [0.717, 1.165) is 36.2 Å². The van der Waals surface area contributed by atoms with Crippen LogP contribution in [0.25, 0.3) is 0 Å². The van der Waals surface area contributed by atoms with Crippen molar-refractivity contribution < 1.29 is 19.4 Å². The van der Waals surface area contributed by atoms with Crippen LogP contribution in [-0.2, 0) is 23.0 Å². The minimum Gasteiger partial charge on any atom is -0.492 e. The third-order valence-corrected chi connectivity index (χ3v) is 6.42. The van der Waals surface area contributed by atoms with Crippen LogP contribution in [0.5, 0.6) is 5.75 Å². The summed E-state index contributed by atoms with van der Waals surface area (Å²) in [6, 6.07) is 7.06. The maximum Gasteiger partial charge on any atom is 0.326 e. The molecule has 2 heterocycles. The second-order valence-corrected chi connectivity index (χ2v) is 9.77. The highest BCUT2D eigenvalue weighted by molar-refractivity contribution is 6.04. The van der Waals surface area contributed by atoms with Crippen molar-refractivity contribution >= 4 is 17.4 Å². The van der Waals surface area contributed by atoms with Crippen LogP contribution in [0.15, 0.2) is 40.2 Å². The van der Waals surface area contributed by atoms with Gasteiger partial charge in [-0.25, -0.2) is 0 Å². The molecule has 0 fully saturated rings. The number of carbonyl (C=O) groups is 1. The van der Waals surface area contributed by atoms with Crippen molar-refractivity contribution in [2.75, 3.05) is 13.2 Å². The highest BCUT2D eigenvalue weighted by Gasteiger charge is 2.25.